The Morgan fingerprint density at radius 2 is 1.67 bits per heavy atom. The number of sulfonamides is 1. The zero-order valence-electron chi connectivity index (χ0n) is 13.7. The maximum absolute atomic E-state index is 13.1. The Morgan fingerprint density at radius 3 is 2.22 bits per heavy atom. The minimum Gasteiger partial charge on any atom is -0.336 e. The van der Waals surface area contributed by atoms with E-state index >= 15 is 0 Å². The second-order valence-electron chi connectivity index (χ2n) is 5.80. The highest BCUT2D eigenvalue weighted by Gasteiger charge is 2.37. The molecule has 1 fully saturated rings. The van der Waals surface area contributed by atoms with Gasteiger partial charge in [-0.15, -0.1) is 11.3 Å². The summed E-state index contributed by atoms with van der Waals surface area (Å²) in [5, 5.41) is 0. The lowest BCUT2D eigenvalue weighted by Gasteiger charge is -2.34. The molecular formula is C16H14ClF3N2O3S2. The van der Waals surface area contributed by atoms with Gasteiger partial charge in [-0.1, -0.05) is 23.7 Å². The number of thiophene rings is 1. The molecule has 2 aromatic rings. The third kappa shape index (κ3) is 4.13. The summed E-state index contributed by atoms with van der Waals surface area (Å²) in [6, 6.07) is 7.45. The summed E-state index contributed by atoms with van der Waals surface area (Å²) in [6.07, 6.45) is -4.64. The molecule has 11 heteroatoms. The van der Waals surface area contributed by atoms with Crippen molar-refractivity contribution in [3.63, 3.8) is 0 Å². The highest BCUT2D eigenvalue weighted by Crippen LogP contribution is 2.33. The van der Waals surface area contributed by atoms with Crippen LogP contribution in [0.15, 0.2) is 40.6 Å². The topological polar surface area (TPSA) is 57.7 Å². The molecule has 0 unspecified atom stereocenters. The fourth-order valence-corrected chi connectivity index (χ4v) is 5.84. The molecule has 1 aromatic carbocycles. The standard InChI is InChI=1S/C16H14ClF3N2O3S2/c17-13-5-6-14(26-13)27(24,25)22-9-7-21(8-10-22)15(23)11-3-1-2-4-12(11)16(18,19)20/h1-6H,7-10H2. The number of carbonyl (C=O) groups is 1. The second-order valence-corrected chi connectivity index (χ2v) is 9.68. The van der Waals surface area contributed by atoms with Crippen LogP contribution in [0, 0.1) is 0 Å². The normalized spacial score (nSPS) is 16.5. The zero-order valence-corrected chi connectivity index (χ0v) is 16.1. The number of rotatable bonds is 3. The average Bonchev–Trinajstić information content (AvgIpc) is 3.08. The Balaban J connectivity index is 1.74. The van der Waals surface area contributed by atoms with Gasteiger partial charge < -0.3 is 4.90 Å². The van der Waals surface area contributed by atoms with Gasteiger partial charge in [0.1, 0.15) is 4.21 Å². The van der Waals surface area contributed by atoms with Gasteiger partial charge in [-0.25, -0.2) is 8.42 Å². The van der Waals surface area contributed by atoms with E-state index in [4.69, 9.17) is 11.6 Å². The Bertz CT molecular complexity index is 952. The lowest BCUT2D eigenvalue weighted by Crippen LogP contribution is -2.50. The van der Waals surface area contributed by atoms with Crippen molar-refractivity contribution in [3.05, 3.63) is 51.9 Å². The molecule has 0 saturated carbocycles. The van der Waals surface area contributed by atoms with Crippen molar-refractivity contribution < 1.29 is 26.4 Å². The third-order valence-corrected chi connectivity index (χ3v) is 7.73. The van der Waals surface area contributed by atoms with Gasteiger partial charge in [0.05, 0.1) is 15.5 Å². The van der Waals surface area contributed by atoms with E-state index in [9.17, 15) is 26.4 Å². The monoisotopic (exact) mass is 438 g/mol. The molecule has 1 aliphatic rings. The predicted molar refractivity (Wildman–Crippen MR) is 95.4 cm³/mol. The Kier molecular flexibility index (Phi) is 5.53. The molecule has 0 aliphatic carbocycles. The molecular weight excluding hydrogens is 425 g/mol. The van der Waals surface area contributed by atoms with E-state index in [2.05, 4.69) is 0 Å². The lowest BCUT2D eigenvalue weighted by atomic mass is 10.1. The van der Waals surface area contributed by atoms with E-state index in [0.29, 0.717) is 4.34 Å². The Labute approximate surface area is 163 Å². The van der Waals surface area contributed by atoms with Crippen molar-refractivity contribution in [2.45, 2.75) is 10.4 Å². The van der Waals surface area contributed by atoms with Crippen LogP contribution in [-0.4, -0.2) is 49.7 Å². The van der Waals surface area contributed by atoms with Crippen molar-refractivity contribution >= 4 is 38.9 Å². The van der Waals surface area contributed by atoms with Gasteiger partial charge in [0.25, 0.3) is 15.9 Å². The molecule has 0 bridgehead atoms. The van der Waals surface area contributed by atoms with Gasteiger partial charge in [0, 0.05) is 26.2 Å². The molecule has 146 valence electrons. The zero-order chi connectivity index (χ0) is 19.8. The molecule has 1 saturated heterocycles. The highest BCUT2D eigenvalue weighted by atomic mass is 35.5. The summed E-state index contributed by atoms with van der Waals surface area (Å²) in [4.78, 5) is 13.8. The van der Waals surface area contributed by atoms with Crippen molar-refractivity contribution in [3.8, 4) is 0 Å². The number of hydrogen-bond donors (Lipinski definition) is 0. The maximum atomic E-state index is 13.1. The van der Waals surface area contributed by atoms with Crippen LogP contribution in [0.2, 0.25) is 4.34 Å². The van der Waals surface area contributed by atoms with Crippen LogP contribution in [0.4, 0.5) is 13.2 Å². The summed E-state index contributed by atoms with van der Waals surface area (Å²) >= 11 is 6.71. The van der Waals surface area contributed by atoms with Crippen molar-refractivity contribution in [2.75, 3.05) is 26.2 Å². The van der Waals surface area contributed by atoms with Crippen molar-refractivity contribution in [2.24, 2.45) is 0 Å². The second kappa shape index (κ2) is 7.42. The molecule has 27 heavy (non-hydrogen) atoms. The van der Waals surface area contributed by atoms with E-state index in [-0.39, 0.29) is 30.4 Å². The number of benzene rings is 1. The summed E-state index contributed by atoms with van der Waals surface area (Å²) < 4.78 is 66.1. The summed E-state index contributed by atoms with van der Waals surface area (Å²) in [5.41, 5.74) is -1.44. The predicted octanol–water partition coefficient (Wildman–Crippen LogP) is 3.57. The Morgan fingerprint density at radius 1 is 1.04 bits per heavy atom. The van der Waals surface area contributed by atoms with E-state index in [1.165, 1.54) is 33.5 Å². The van der Waals surface area contributed by atoms with Crippen LogP contribution >= 0.6 is 22.9 Å². The molecule has 5 nitrogen and oxygen atoms in total. The van der Waals surface area contributed by atoms with Gasteiger partial charge in [-0.3, -0.25) is 4.79 Å². The summed E-state index contributed by atoms with van der Waals surface area (Å²) in [7, 11) is -3.74. The maximum Gasteiger partial charge on any atom is 0.417 e. The number of carbonyl (C=O) groups excluding carboxylic acids is 1. The number of amides is 1. The number of alkyl halides is 3. The first-order chi connectivity index (χ1) is 12.6. The molecule has 1 aromatic heterocycles. The summed E-state index contributed by atoms with van der Waals surface area (Å²) in [5.74, 6) is -0.765. The molecule has 3 rings (SSSR count). The highest BCUT2D eigenvalue weighted by molar-refractivity contribution is 7.91. The van der Waals surface area contributed by atoms with E-state index in [1.807, 2.05) is 0 Å². The molecule has 0 spiro atoms. The number of nitrogens with zero attached hydrogens (tertiary/aromatic N) is 2. The molecule has 2 heterocycles. The van der Waals surface area contributed by atoms with E-state index < -0.39 is 33.2 Å². The molecule has 0 atom stereocenters. The van der Waals surface area contributed by atoms with Gasteiger partial charge in [-0.2, -0.15) is 17.5 Å². The van der Waals surface area contributed by atoms with Crippen molar-refractivity contribution in [1.82, 2.24) is 9.21 Å². The van der Waals surface area contributed by atoms with Crippen LogP contribution in [-0.2, 0) is 16.2 Å². The van der Waals surface area contributed by atoms with Crippen LogP contribution in [0.3, 0.4) is 0 Å². The van der Waals surface area contributed by atoms with Gasteiger partial charge >= 0.3 is 6.18 Å². The van der Waals surface area contributed by atoms with Crippen molar-refractivity contribution in [1.29, 1.82) is 0 Å². The molecule has 0 radical (unpaired) electrons. The smallest absolute Gasteiger partial charge is 0.336 e. The van der Waals surface area contributed by atoms with Gasteiger partial charge in [-0.05, 0) is 24.3 Å². The SMILES string of the molecule is O=C(c1ccccc1C(F)(F)F)N1CCN(S(=O)(=O)c2ccc(Cl)s2)CC1. The first kappa shape index (κ1) is 20.1. The molecule has 0 N–H and O–H groups in total. The fourth-order valence-electron chi connectivity index (χ4n) is 2.78. The average molecular weight is 439 g/mol. The third-order valence-electron chi connectivity index (χ3n) is 4.13. The number of hydrogen-bond acceptors (Lipinski definition) is 4. The van der Waals surface area contributed by atoms with E-state index in [1.54, 1.807) is 0 Å². The van der Waals surface area contributed by atoms with Crippen LogP contribution in [0.1, 0.15) is 15.9 Å². The van der Waals surface area contributed by atoms with Gasteiger partial charge in [0.15, 0.2) is 0 Å². The quantitative estimate of drug-likeness (QED) is 0.736. The number of halogens is 4. The van der Waals surface area contributed by atoms with Crippen LogP contribution < -0.4 is 0 Å². The van der Waals surface area contributed by atoms with Crippen LogP contribution in [0.5, 0.6) is 0 Å². The largest absolute Gasteiger partial charge is 0.417 e. The van der Waals surface area contributed by atoms with Gasteiger partial charge in [0.2, 0.25) is 0 Å². The summed E-state index contributed by atoms with van der Waals surface area (Å²) in [6.45, 7) is 0.00226. The first-order valence-electron chi connectivity index (χ1n) is 7.81. The number of piperazine rings is 1. The minimum absolute atomic E-state index is 0.00221. The first-order valence-corrected chi connectivity index (χ1v) is 10.4. The minimum atomic E-state index is -4.64. The fraction of sp³-hybridized carbons (Fsp3) is 0.312. The van der Waals surface area contributed by atoms with Crippen LogP contribution in [0.25, 0.3) is 0 Å². The lowest BCUT2D eigenvalue weighted by molar-refractivity contribution is -0.138. The molecule has 1 aliphatic heterocycles. The van der Waals surface area contributed by atoms with E-state index in [0.717, 1.165) is 23.5 Å². The molecule has 1 amide bonds. The Hall–Kier alpha value is -1.62.